The minimum Gasteiger partial charge on any atom is -0.356 e. The highest BCUT2D eigenvalue weighted by Crippen LogP contribution is 2.10. The number of carbonyl (C=O) groups is 1. The number of amides is 1. The van der Waals surface area contributed by atoms with Crippen molar-refractivity contribution < 1.29 is 4.79 Å². The highest BCUT2D eigenvalue weighted by molar-refractivity contribution is 14.0. The largest absolute Gasteiger partial charge is 0.356 e. The van der Waals surface area contributed by atoms with Crippen LogP contribution in [0.1, 0.15) is 33.3 Å². The van der Waals surface area contributed by atoms with Crippen LogP contribution in [-0.4, -0.2) is 25.5 Å². The monoisotopic (exact) mass is 432 g/mol. The molecule has 0 unspecified atom stereocenters. The predicted octanol–water partition coefficient (Wildman–Crippen LogP) is 3.22. The molecule has 0 aliphatic rings. The molecule has 3 N–H and O–H groups in total. The maximum Gasteiger partial charge on any atom is 0.226 e. The normalized spacial score (nSPS) is 11.2. The molecule has 0 saturated carbocycles. The van der Waals surface area contributed by atoms with Crippen LogP contribution in [0.15, 0.2) is 29.3 Å². The lowest BCUT2D eigenvalue weighted by molar-refractivity contribution is -0.118. The summed E-state index contributed by atoms with van der Waals surface area (Å²) >= 11 is 0. The summed E-state index contributed by atoms with van der Waals surface area (Å²) in [6.45, 7) is 9.65. The van der Waals surface area contributed by atoms with Crippen molar-refractivity contribution in [2.45, 2.75) is 34.2 Å². The molecule has 130 valence electrons. The standard InChI is InChI=1S/C17H28N4O.HI/c1-12(2)10-19-17(18-5)20-11-14-6-8-15(9-7-14)21-16(22)13(3)4;/h6-9,12-13H,10-11H2,1-5H3,(H,21,22)(H2,18,19,20);1H. The van der Waals surface area contributed by atoms with Crippen LogP contribution in [0.4, 0.5) is 5.69 Å². The lowest BCUT2D eigenvalue weighted by Crippen LogP contribution is -2.38. The summed E-state index contributed by atoms with van der Waals surface area (Å²) in [5, 5.41) is 9.42. The van der Waals surface area contributed by atoms with E-state index in [-0.39, 0.29) is 35.8 Å². The van der Waals surface area contributed by atoms with E-state index >= 15 is 0 Å². The smallest absolute Gasteiger partial charge is 0.226 e. The van der Waals surface area contributed by atoms with E-state index in [1.807, 2.05) is 38.1 Å². The highest BCUT2D eigenvalue weighted by Gasteiger charge is 2.06. The Hall–Kier alpha value is -1.31. The average molecular weight is 432 g/mol. The van der Waals surface area contributed by atoms with Crippen LogP contribution in [0.3, 0.4) is 0 Å². The number of anilines is 1. The summed E-state index contributed by atoms with van der Waals surface area (Å²) in [5.74, 6) is 1.38. The summed E-state index contributed by atoms with van der Waals surface area (Å²) in [6.07, 6.45) is 0. The van der Waals surface area contributed by atoms with Crippen LogP contribution in [-0.2, 0) is 11.3 Å². The Balaban J connectivity index is 0.00000484. The molecule has 1 aromatic carbocycles. The van der Waals surface area contributed by atoms with Gasteiger partial charge >= 0.3 is 0 Å². The van der Waals surface area contributed by atoms with Gasteiger partial charge in [0.25, 0.3) is 0 Å². The molecule has 1 amide bonds. The van der Waals surface area contributed by atoms with E-state index in [0.29, 0.717) is 12.5 Å². The van der Waals surface area contributed by atoms with Gasteiger partial charge in [0.15, 0.2) is 5.96 Å². The van der Waals surface area contributed by atoms with Gasteiger partial charge in [0, 0.05) is 31.7 Å². The minimum absolute atomic E-state index is 0. The molecule has 0 spiro atoms. The van der Waals surface area contributed by atoms with Crippen LogP contribution in [0.25, 0.3) is 0 Å². The van der Waals surface area contributed by atoms with Crippen LogP contribution in [0.5, 0.6) is 0 Å². The van der Waals surface area contributed by atoms with E-state index in [2.05, 4.69) is 34.8 Å². The van der Waals surface area contributed by atoms with Crippen molar-refractivity contribution >= 4 is 41.5 Å². The molecule has 0 aliphatic carbocycles. The Morgan fingerprint density at radius 3 is 2.17 bits per heavy atom. The van der Waals surface area contributed by atoms with Crippen LogP contribution in [0, 0.1) is 11.8 Å². The lowest BCUT2D eigenvalue weighted by Gasteiger charge is -2.14. The zero-order valence-corrected chi connectivity index (χ0v) is 17.0. The lowest BCUT2D eigenvalue weighted by atomic mass is 10.1. The number of aliphatic imine (C=N–C) groups is 1. The number of halogens is 1. The molecule has 0 aliphatic heterocycles. The van der Waals surface area contributed by atoms with Gasteiger partial charge in [0.2, 0.25) is 5.91 Å². The summed E-state index contributed by atoms with van der Waals surface area (Å²) in [6, 6.07) is 7.83. The number of guanidine groups is 1. The molecule has 0 heterocycles. The molecule has 1 aromatic rings. The summed E-state index contributed by atoms with van der Waals surface area (Å²) in [5.41, 5.74) is 1.96. The van der Waals surface area contributed by atoms with Gasteiger partial charge in [-0.05, 0) is 23.6 Å². The SMILES string of the molecule is CN=C(NCc1ccc(NC(=O)C(C)C)cc1)NCC(C)C.I. The molecule has 0 atom stereocenters. The van der Waals surface area contributed by atoms with Crippen molar-refractivity contribution in [1.29, 1.82) is 0 Å². The van der Waals surface area contributed by atoms with Crippen molar-refractivity contribution in [3.63, 3.8) is 0 Å². The van der Waals surface area contributed by atoms with Crippen molar-refractivity contribution in [3.05, 3.63) is 29.8 Å². The molecule has 0 aromatic heterocycles. The first-order valence-corrected chi connectivity index (χ1v) is 7.76. The summed E-state index contributed by atoms with van der Waals surface area (Å²) in [4.78, 5) is 15.8. The number of benzene rings is 1. The third-order valence-electron chi connectivity index (χ3n) is 3.11. The first kappa shape index (κ1) is 21.7. The summed E-state index contributed by atoms with van der Waals surface area (Å²) in [7, 11) is 1.76. The van der Waals surface area contributed by atoms with Gasteiger partial charge in [-0.25, -0.2) is 0 Å². The van der Waals surface area contributed by atoms with Crippen molar-refractivity contribution in [2.75, 3.05) is 18.9 Å². The van der Waals surface area contributed by atoms with Gasteiger partial charge in [-0.3, -0.25) is 9.79 Å². The quantitative estimate of drug-likeness (QED) is 0.368. The van der Waals surface area contributed by atoms with Gasteiger partial charge in [-0.15, -0.1) is 24.0 Å². The third kappa shape index (κ3) is 8.78. The Kier molecular flexibility index (Phi) is 10.6. The third-order valence-corrected chi connectivity index (χ3v) is 3.11. The van der Waals surface area contributed by atoms with E-state index in [1.165, 1.54) is 0 Å². The molecule has 0 radical (unpaired) electrons. The van der Waals surface area contributed by atoms with Crippen molar-refractivity contribution in [1.82, 2.24) is 10.6 Å². The van der Waals surface area contributed by atoms with Crippen molar-refractivity contribution in [2.24, 2.45) is 16.8 Å². The molecule has 1 rings (SSSR count). The van der Waals surface area contributed by atoms with Crippen molar-refractivity contribution in [3.8, 4) is 0 Å². The molecule has 23 heavy (non-hydrogen) atoms. The molecule has 6 heteroatoms. The second-order valence-electron chi connectivity index (χ2n) is 6.04. The maximum absolute atomic E-state index is 11.6. The van der Waals surface area contributed by atoms with E-state index in [1.54, 1.807) is 7.05 Å². The first-order valence-electron chi connectivity index (χ1n) is 7.76. The molecular weight excluding hydrogens is 403 g/mol. The van der Waals surface area contributed by atoms with Crippen LogP contribution in [0.2, 0.25) is 0 Å². The predicted molar refractivity (Wildman–Crippen MR) is 108 cm³/mol. The topological polar surface area (TPSA) is 65.5 Å². The Morgan fingerprint density at radius 2 is 1.70 bits per heavy atom. The average Bonchev–Trinajstić information content (AvgIpc) is 2.48. The number of carbonyl (C=O) groups excluding carboxylic acids is 1. The van der Waals surface area contributed by atoms with E-state index in [0.717, 1.165) is 23.8 Å². The van der Waals surface area contributed by atoms with Crippen LogP contribution >= 0.6 is 24.0 Å². The number of hydrogen-bond acceptors (Lipinski definition) is 2. The number of nitrogens with zero attached hydrogens (tertiary/aromatic N) is 1. The van der Waals surface area contributed by atoms with E-state index in [9.17, 15) is 4.79 Å². The number of hydrogen-bond donors (Lipinski definition) is 3. The zero-order chi connectivity index (χ0) is 16.5. The Bertz CT molecular complexity index is 498. The maximum atomic E-state index is 11.6. The minimum atomic E-state index is -0.0169. The summed E-state index contributed by atoms with van der Waals surface area (Å²) < 4.78 is 0. The Labute approximate surface area is 156 Å². The molecular formula is C17H29IN4O. The second-order valence-corrected chi connectivity index (χ2v) is 6.04. The van der Waals surface area contributed by atoms with E-state index < -0.39 is 0 Å². The molecule has 0 fully saturated rings. The zero-order valence-electron chi connectivity index (χ0n) is 14.6. The first-order chi connectivity index (χ1) is 10.4. The number of nitrogens with one attached hydrogen (secondary N) is 3. The molecule has 5 nitrogen and oxygen atoms in total. The Morgan fingerprint density at radius 1 is 1.09 bits per heavy atom. The van der Waals surface area contributed by atoms with Gasteiger partial charge in [0.1, 0.15) is 0 Å². The fraction of sp³-hybridized carbons (Fsp3) is 0.529. The molecule has 0 saturated heterocycles. The number of rotatable bonds is 6. The second kappa shape index (κ2) is 11.3. The van der Waals surface area contributed by atoms with Gasteiger partial charge in [-0.2, -0.15) is 0 Å². The highest BCUT2D eigenvalue weighted by atomic mass is 127. The fourth-order valence-electron chi connectivity index (χ4n) is 1.70. The van der Waals surface area contributed by atoms with Gasteiger partial charge in [0.05, 0.1) is 0 Å². The van der Waals surface area contributed by atoms with Gasteiger partial charge in [-0.1, -0.05) is 39.8 Å². The molecule has 0 bridgehead atoms. The fourth-order valence-corrected chi connectivity index (χ4v) is 1.70. The van der Waals surface area contributed by atoms with Gasteiger partial charge < -0.3 is 16.0 Å². The van der Waals surface area contributed by atoms with Crippen LogP contribution < -0.4 is 16.0 Å². The van der Waals surface area contributed by atoms with E-state index in [4.69, 9.17) is 0 Å².